The van der Waals surface area contributed by atoms with Gasteiger partial charge >= 0.3 is 0 Å². The molecule has 120 valence electrons. The lowest BCUT2D eigenvalue weighted by Gasteiger charge is -2.32. The van der Waals surface area contributed by atoms with Crippen molar-refractivity contribution in [3.8, 4) is 0 Å². The molecular weight excluding hydrogens is 290 g/mol. The van der Waals surface area contributed by atoms with E-state index in [1.807, 2.05) is 6.20 Å². The zero-order chi connectivity index (χ0) is 15.6. The number of benzene rings is 1. The van der Waals surface area contributed by atoms with Crippen molar-refractivity contribution in [1.29, 1.82) is 0 Å². The molecule has 0 saturated carbocycles. The summed E-state index contributed by atoms with van der Waals surface area (Å²) in [6.07, 6.45) is 3.77. The average molecular weight is 311 g/mol. The van der Waals surface area contributed by atoms with Crippen molar-refractivity contribution in [2.24, 2.45) is 0 Å². The van der Waals surface area contributed by atoms with Gasteiger partial charge in [-0.2, -0.15) is 0 Å². The first-order valence-electron chi connectivity index (χ1n) is 8.12. The molecule has 1 saturated heterocycles. The minimum Gasteiger partial charge on any atom is -0.368 e. The Morgan fingerprint density at radius 2 is 2.30 bits per heavy atom. The Balaban J connectivity index is 1.53. The lowest BCUT2D eigenvalue weighted by Crippen LogP contribution is -2.38. The summed E-state index contributed by atoms with van der Waals surface area (Å²) in [6, 6.07) is 8.57. The Hall–Kier alpha value is -2.18. The molecule has 23 heavy (non-hydrogen) atoms. The molecule has 3 aromatic rings. The van der Waals surface area contributed by atoms with E-state index in [0.29, 0.717) is 0 Å². The van der Waals surface area contributed by atoms with Gasteiger partial charge in [0.25, 0.3) is 0 Å². The number of H-pyrrole nitrogens is 1. The summed E-state index contributed by atoms with van der Waals surface area (Å²) < 4.78 is 7.99. The summed E-state index contributed by atoms with van der Waals surface area (Å²) >= 11 is 0. The first kappa shape index (κ1) is 14.4. The van der Waals surface area contributed by atoms with Gasteiger partial charge in [-0.25, -0.2) is 0 Å². The van der Waals surface area contributed by atoms with Crippen LogP contribution in [-0.4, -0.2) is 44.3 Å². The van der Waals surface area contributed by atoms with Crippen LogP contribution in [0, 0.1) is 0 Å². The summed E-state index contributed by atoms with van der Waals surface area (Å²) in [7, 11) is 0. The predicted octanol–water partition coefficient (Wildman–Crippen LogP) is 2.35. The van der Waals surface area contributed by atoms with Gasteiger partial charge < -0.3 is 14.3 Å². The van der Waals surface area contributed by atoms with E-state index in [2.05, 4.69) is 55.8 Å². The number of aromatic amines is 1. The van der Waals surface area contributed by atoms with E-state index in [9.17, 15) is 0 Å². The van der Waals surface area contributed by atoms with E-state index in [1.54, 1.807) is 6.33 Å². The van der Waals surface area contributed by atoms with Crippen molar-refractivity contribution in [3.63, 3.8) is 0 Å². The van der Waals surface area contributed by atoms with Gasteiger partial charge in [0.1, 0.15) is 12.4 Å². The summed E-state index contributed by atoms with van der Waals surface area (Å²) in [5, 5.41) is 9.53. The van der Waals surface area contributed by atoms with Crippen LogP contribution in [0.2, 0.25) is 0 Å². The van der Waals surface area contributed by atoms with E-state index in [1.165, 1.54) is 16.5 Å². The number of aryl methyl sites for hydroxylation is 1. The number of fused-ring (bicyclic) bond motifs is 1. The number of nitrogens with zero attached hydrogens (tertiary/aromatic N) is 4. The van der Waals surface area contributed by atoms with Crippen LogP contribution in [-0.2, 0) is 17.8 Å². The van der Waals surface area contributed by atoms with Crippen molar-refractivity contribution in [2.45, 2.75) is 26.1 Å². The van der Waals surface area contributed by atoms with Gasteiger partial charge in [0.15, 0.2) is 5.82 Å². The number of hydrogen-bond acceptors (Lipinski definition) is 4. The highest BCUT2D eigenvalue weighted by molar-refractivity contribution is 5.82. The number of para-hydroxylation sites is 1. The van der Waals surface area contributed by atoms with Crippen LogP contribution in [0.1, 0.15) is 24.4 Å². The van der Waals surface area contributed by atoms with Crippen LogP contribution in [0.25, 0.3) is 10.9 Å². The molecule has 1 aliphatic heterocycles. The second-order valence-electron chi connectivity index (χ2n) is 5.93. The first-order valence-corrected chi connectivity index (χ1v) is 8.12. The lowest BCUT2D eigenvalue weighted by molar-refractivity contribution is -0.0387. The molecular formula is C17H21N5O. The zero-order valence-electron chi connectivity index (χ0n) is 13.3. The molecule has 1 aliphatic rings. The molecule has 2 aromatic heterocycles. The van der Waals surface area contributed by atoms with E-state index < -0.39 is 0 Å². The standard InChI is InChI=1S/C17H21N5O/c1-2-22-12-19-20-17(22)15-11-21(8-9-23-15)10-14-5-3-4-13-6-7-18-16(13)14/h3-7,12,15,18H,2,8-11H2,1H3/t15-/m1/s1. The molecule has 1 N–H and O–H groups in total. The SMILES string of the molecule is CCn1cnnc1[C@H]1CN(Cc2cccc3cc[nH]c23)CCO1. The van der Waals surface area contributed by atoms with Gasteiger partial charge in [0.2, 0.25) is 0 Å². The molecule has 1 aromatic carbocycles. The molecule has 0 amide bonds. The smallest absolute Gasteiger partial charge is 0.163 e. The molecule has 4 rings (SSSR count). The van der Waals surface area contributed by atoms with Gasteiger partial charge in [0, 0.05) is 37.9 Å². The number of ether oxygens (including phenoxy) is 1. The van der Waals surface area contributed by atoms with Crippen LogP contribution in [0.5, 0.6) is 0 Å². The van der Waals surface area contributed by atoms with Crippen molar-refractivity contribution < 1.29 is 4.74 Å². The fraction of sp³-hybridized carbons (Fsp3) is 0.412. The van der Waals surface area contributed by atoms with E-state index >= 15 is 0 Å². The maximum absolute atomic E-state index is 5.93. The quantitative estimate of drug-likeness (QED) is 0.803. The third kappa shape index (κ3) is 2.75. The molecule has 0 aliphatic carbocycles. The van der Waals surface area contributed by atoms with Crippen molar-refractivity contribution >= 4 is 10.9 Å². The molecule has 1 fully saturated rings. The van der Waals surface area contributed by atoms with Crippen LogP contribution in [0.3, 0.4) is 0 Å². The summed E-state index contributed by atoms with van der Waals surface area (Å²) in [6.45, 7) is 6.38. The van der Waals surface area contributed by atoms with Crippen LogP contribution in [0.4, 0.5) is 0 Å². The molecule has 3 heterocycles. The topological polar surface area (TPSA) is 59.0 Å². The second kappa shape index (κ2) is 6.14. The number of hydrogen-bond donors (Lipinski definition) is 1. The molecule has 6 heteroatoms. The highest BCUT2D eigenvalue weighted by atomic mass is 16.5. The van der Waals surface area contributed by atoms with Gasteiger partial charge in [-0.3, -0.25) is 4.90 Å². The van der Waals surface area contributed by atoms with Crippen LogP contribution >= 0.6 is 0 Å². The number of aromatic nitrogens is 4. The largest absolute Gasteiger partial charge is 0.368 e. The zero-order valence-corrected chi connectivity index (χ0v) is 13.3. The maximum atomic E-state index is 5.93. The average Bonchev–Trinajstić information content (AvgIpc) is 3.24. The van der Waals surface area contributed by atoms with Gasteiger partial charge in [-0.1, -0.05) is 18.2 Å². The number of rotatable bonds is 4. The highest BCUT2D eigenvalue weighted by Crippen LogP contribution is 2.24. The van der Waals surface area contributed by atoms with Gasteiger partial charge in [-0.05, 0) is 23.9 Å². The fourth-order valence-corrected chi connectivity index (χ4v) is 3.28. The monoisotopic (exact) mass is 311 g/mol. The summed E-state index contributed by atoms with van der Waals surface area (Å²) in [4.78, 5) is 5.78. The normalized spacial score (nSPS) is 19.4. The summed E-state index contributed by atoms with van der Waals surface area (Å²) in [5.41, 5.74) is 2.55. The third-order valence-electron chi connectivity index (χ3n) is 4.49. The number of nitrogens with one attached hydrogen (secondary N) is 1. The lowest BCUT2D eigenvalue weighted by atomic mass is 10.1. The van der Waals surface area contributed by atoms with Crippen molar-refractivity contribution in [2.75, 3.05) is 19.7 Å². The van der Waals surface area contributed by atoms with Crippen LogP contribution in [0.15, 0.2) is 36.8 Å². The molecule has 0 radical (unpaired) electrons. The Kier molecular flexibility index (Phi) is 3.85. The van der Waals surface area contributed by atoms with Gasteiger partial charge in [0.05, 0.1) is 6.61 Å². The fourth-order valence-electron chi connectivity index (χ4n) is 3.28. The molecule has 1 atom stereocenters. The van der Waals surface area contributed by atoms with Crippen molar-refractivity contribution in [1.82, 2.24) is 24.6 Å². The predicted molar refractivity (Wildman–Crippen MR) is 88.0 cm³/mol. The third-order valence-corrected chi connectivity index (χ3v) is 4.49. The molecule has 0 unspecified atom stereocenters. The molecule has 0 bridgehead atoms. The van der Waals surface area contributed by atoms with E-state index in [0.717, 1.165) is 38.6 Å². The van der Waals surface area contributed by atoms with E-state index in [-0.39, 0.29) is 6.10 Å². The number of morpholine rings is 1. The molecule has 6 nitrogen and oxygen atoms in total. The van der Waals surface area contributed by atoms with Gasteiger partial charge in [-0.15, -0.1) is 10.2 Å². The minimum absolute atomic E-state index is 0.00551. The van der Waals surface area contributed by atoms with Crippen LogP contribution < -0.4 is 0 Å². The Morgan fingerprint density at radius 3 is 3.22 bits per heavy atom. The Morgan fingerprint density at radius 1 is 1.35 bits per heavy atom. The molecule has 0 spiro atoms. The first-order chi connectivity index (χ1) is 11.3. The Labute approximate surface area is 135 Å². The summed E-state index contributed by atoms with van der Waals surface area (Å²) in [5.74, 6) is 0.926. The van der Waals surface area contributed by atoms with Crippen molar-refractivity contribution in [3.05, 3.63) is 48.2 Å². The second-order valence-corrected chi connectivity index (χ2v) is 5.93. The Bertz CT molecular complexity index is 793. The highest BCUT2D eigenvalue weighted by Gasteiger charge is 2.26. The minimum atomic E-state index is -0.00551. The van der Waals surface area contributed by atoms with E-state index in [4.69, 9.17) is 4.74 Å². The maximum Gasteiger partial charge on any atom is 0.163 e.